The van der Waals surface area contributed by atoms with Crippen molar-refractivity contribution < 1.29 is 23.3 Å². The van der Waals surface area contributed by atoms with Crippen LogP contribution in [0.3, 0.4) is 0 Å². The molecular formula is C40H48Cl2SSiZr-4. The van der Waals surface area contributed by atoms with E-state index in [2.05, 4.69) is 153 Å². The first-order valence-corrected chi connectivity index (χ1v) is 19.4. The van der Waals surface area contributed by atoms with Gasteiger partial charge in [0.05, 0.1) is 0 Å². The van der Waals surface area contributed by atoms with Gasteiger partial charge in [0.25, 0.3) is 0 Å². The first-order valence-electron chi connectivity index (χ1n) is 14.4. The summed E-state index contributed by atoms with van der Waals surface area (Å²) in [7, 11) is 0. The van der Waals surface area contributed by atoms with Gasteiger partial charge in [0.1, 0.15) is 0 Å². The first kappa shape index (κ1) is 43.5. The molecule has 0 aromatic heterocycles. The third-order valence-corrected chi connectivity index (χ3v) is 8.96. The van der Waals surface area contributed by atoms with Crippen LogP contribution in [0.4, 0.5) is 0 Å². The van der Waals surface area contributed by atoms with Crippen LogP contribution >= 0.6 is 36.6 Å². The quantitative estimate of drug-likeness (QED) is 0.148. The van der Waals surface area contributed by atoms with Crippen molar-refractivity contribution in [3.05, 3.63) is 144 Å². The van der Waals surface area contributed by atoms with E-state index in [4.69, 9.17) is 0 Å². The Morgan fingerprint density at radius 2 is 1.47 bits per heavy atom. The maximum atomic E-state index is 3.60. The molecule has 0 spiro atoms. The van der Waals surface area contributed by atoms with Crippen molar-refractivity contribution in [1.29, 1.82) is 0 Å². The molecule has 2 radical (unpaired) electrons. The van der Waals surface area contributed by atoms with Crippen LogP contribution in [0.1, 0.15) is 63.8 Å². The zero-order valence-corrected chi connectivity index (χ0v) is 34.4. The second-order valence-corrected chi connectivity index (χ2v) is 13.6. The monoisotopic (exact) mass is 748 g/mol. The molecule has 240 valence electrons. The number of thioether (sulfide) groups is 1. The van der Waals surface area contributed by atoms with Gasteiger partial charge in [0, 0.05) is 5.25 Å². The Kier molecular flexibility index (Phi) is 18.1. The molecule has 1 aliphatic heterocycles. The Hall–Kier alpha value is -1.48. The molecule has 0 saturated carbocycles. The Labute approximate surface area is 308 Å². The van der Waals surface area contributed by atoms with Crippen LogP contribution in [-0.4, -0.2) is 12.1 Å². The number of fused-ring (bicyclic) bond motifs is 2. The van der Waals surface area contributed by atoms with Crippen molar-refractivity contribution in [1.82, 2.24) is 0 Å². The molecule has 1 unspecified atom stereocenters. The molecular weight excluding hydrogens is 703 g/mol. The molecule has 0 N–H and O–H groups in total. The van der Waals surface area contributed by atoms with Crippen molar-refractivity contribution in [3.63, 3.8) is 0 Å². The van der Waals surface area contributed by atoms with Gasteiger partial charge in [-0.15, -0.1) is 75.5 Å². The molecule has 0 fully saturated rings. The maximum absolute atomic E-state index is 3.60. The average Bonchev–Trinajstić information content (AvgIpc) is 3.63. The number of allylic oxidation sites excluding steroid dienone is 4. The summed E-state index contributed by atoms with van der Waals surface area (Å²) >= 11 is 3.30. The Morgan fingerprint density at radius 3 is 2.02 bits per heavy atom. The molecule has 0 nitrogen and oxygen atoms in total. The molecule has 4 aromatic rings. The van der Waals surface area contributed by atoms with Gasteiger partial charge in [-0.05, 0) is 34.9 Å². The van der Waals surface area contributed by atoms with Crippen LogP contribution in [0, 0.1) is 40.7 Å². The van der Waals surface area contributed by atoms with Gasteiger partial charge in [-0.1, -0.05) is 120 Å². The fraction of sp³-hybridized carbons (Fsp3) is 0.275. The summed E-state index contributed by atoms with van der Waals surface area (Å²) in [6.07, 6.45) is 5.95. The number of halogens is 2. The van der Waals surface area contributed by atoms with Crippen LogP contribution in [0.2, 0.25) is 0 Å². The second kappa shape index (κ2) is 18.8. The number of benzene rings is 3. The topological polar surface area (TPSA) is 0 Å². The van der Waals surface area contributed by atoms with E-state index < -0.39 is 0 Å². The fourth-order valence-electron chi connectivity index (χ4n) is 5.51. The number of hydrogen-bond donors (Lipinski definition) is 0. The summed E-state index contributed by atoms with van der Waals surface area (Å²) in [4.78, 5) is 1.34. The third-order valence-electron chi connectivity index (χ3n) is 7.81. The van der Waals surface area contributed by atoms with E-state index in [1.807, 2.05) is 11.8 Å². The normalized spacial score (nSPS) is 14.6. The van der Waals surface area contributed by atoms with E-state index in [1.165, 1.54) is 89.1 Å². The molecule has 0 amide bonds. The van der Waals surface area contributed by atoms with Gasteiger partial charge in [-0.25, -0.2) is 6.08 Å². The van der Waals surface area contributed by atoms with Gasteiger partial charge in [-0.2, -0.15) is 23.3 Å². The number of hydrogen-bond acceptors (Lipinski definition) is 1. The SMILES string of the molecule is CC(C)C1=CC2=C(c3ccc(C(C)(C)C)cc3)C(C)SC2=[C-]1.Cc1cc2c(-c3ccccc3)ccc(C)c2[cH-]1.Cl.Cl.[CH3-].[CH3-].[Si]=[Zr]. The molecule has 0 saturated heterocycles. The van der Waals surface area contributed by atoms with Crippen LogP contribution < -0.4 is 0 Å². The molecule has 5 heteroatoms. The molecule has 2 aliphatic rings. The van der Waals surface area contributed by atoms with E-state index in [1.54, 1.807) is 0 Å². The van der Waals surface area contributed by atoms with E-state index in [9.17, 15) is 0 Å². The molecule has 1 heterocycles. The molecule has 4 aromatic carbocycles. The van der Waals surface area contributed by atoms with E-state index >= 15 is 0 Å². The van der Waals surface area contributed by atoms with Crippen LogP contribution in [-0.2, 0) is 28.8 Å². The molecule has 0 bridgehead atoms. The van der Waals surface area contributed by atoms with Gasteiger partial charge in [0.15, 0.2) is 0 Å². The van der Waals surface area contributed by atoms with Crippen molar-refractivity contribution in [2.45, 2.75) is 66.1 Å². The summed E-state index contributed by atoms with van der Waals surface area (Å²) in [5.41, 5.74) is 12.5. The Morgan fingerprint density at radius 1 is 0.867 bits per heavy atom. The summed E-state index contributed by atoms with van der Waals surface area (Å²) in [5, 5.41) is 3.26. The summed E-state index contributed by atoms with van der Waals surface area (Å²) in [6.45, 7) is 21.0. The third kappa shape index (κ3) is 10.0. The molecule has 1 aliphatic carbocycles. The van der Waals surface area contributed by atoms with E-state index in [0.29, 0.717) is 11.2 Å². The van der Waals surface area contributed by atoms with Crippen LogP contribution in [0.15, 0.2) is 101 Å². The predicted molar refractivity (Wildman–Crippen MR) is 206 cm³/mol. The minimum atomic E-state index is 0. The van der Waals surface area contributed by atoms with Gasteiger partial charge in [-0.3, -0.25) is 0 Å². The zero-order chi connectivity index (χ0) is 29.9. The zero-order valence-electron chi connectivity index (χ0n) is 28.5. The van der Waals surface area contributed by atoms with Crippen molar-refractivity contribution >= 4 is 59.8 Å². The average molecular weight is 751 g/mol. The first-order chi connectivity index (χ1) is 19.5. The van der Waals surface area contributed by atoms with Crippen molar-refractivity contribution in [2.75, 3.05) is 0 Å². The number of aryl methyl sites for hydroxylation is 2. The van der Waals surface area contributed by atoms with Gasteiger partial charge < -0.3 is 14.9 Å². The van der Waals surface area contributed by atoms with Crippen LogP contribution in [0.25, 0.3) is 27.5 Å². The molecule has 45 heavy (non-hydrogen) atoms. The van der Waals surface area contributed by atoms with Gasteiger partial charge >= 0.3 is 30.2 Å². The standard InChI is InChI=1S/C21H25S.C17H15.2CH3.2ClH.Si.Zr/c1-13(2)16-11-18-19(12-16)22-14(3)20(18)15-7-9-17(10-8-15)21(4,5)6;1-12-10-16-13(2)8-9-15(17(16)11-12)14-6-4-3-5-7-14;;;;;;/h7-11,13-14H,1-6H3;3-11H,1-2H3;2*1H3;2*1H;;/q4*-1;;;;. The van der Waals surface area contributed by atoms with Crippen molar-refractivity contribution in [3.8, 4) is 11.1 Å². The Balaban J connectivity index is 0.000000768. The minimum absolute atomic E-state index is 0. The summed E-state index contributed by atoms with van der Waals surface area (Å²) in [6, 6.07) is 28.8. The van der Waals surface area contributed by atoms with Gasteiger partial charge in [0.2, 0.25) is 0 Å². The predicted octanol–water partition coefficient (Wildman–Crippen LogP) is 12.4. The van der Waals surface area contributed by atoms with Crippen LogP contribution in [0.5, 0.6) is 0 Å². The number of rotatable bonds is 3. The summed E-state index contributed by atoms with van der Waals surface area (Å²) < 4.78 is 0. The summed E-state index contributed by atoms with van der Waals surface area (Å²) in [5.74, 6) is 0.547. The Bertz CT molecular complexity index is 1620. The van der Waals surface area contributed by atoms with Crippen molar-refractivity contribution in [2.24, 2.45) is 5.92 Å². The van der Waals surface area contributed by atoms with E-state index in [0.717, 1.165) is 0 Å². The molecule has 1 atom stereocenters. The molecule has 6 rings (SSSR count). The van der Waals surface area contributed by atoms with E-state index in [-0.39, 0.29) is 45.1 Å². The second-order valence-electron chi connectivity index (χ2n) is 12.3. The fourth-order valence-corrected chi connectivity index (χ4v) is 6.72.